The Bertz CT molecular complexity index is 521. The van der Waals surface area contributed by atoms with E-state index in [1.165, 1.54) is 31.1 Å². The third kappa shape index (κ3) is 3.79. The van der Waals surface area contributed by atoms with Crippen molar-refractivity contribution in [3.63, 3.8) is 0 Å². The molecule has 6 nitrogen and oxygen atoms in total. The summed E-state index contributed by atoms with van der Waals surface area (Å²) in [5.41, 5.74) is 0.419. The van der Waals surface area contributed by atoms with E-state index in [0.717, 1.165) is 12.8 Å². The molecule has 116 valence electrons. The molecule has 1 aromatic rings. The third-order valence-electron chi connectivity index (χ3n) is 4.08. The van der Waals surface area contributed by atoms with Crippen LogP contribution in [0.3, 0.4) is 0 Å². The van der Waals surface area contributed by atoms with Gasteiger partial charge in [0.15, 0.2) is 5.13 Å². The molecular formula is C14H22N4O2S. The lowest BCUT2D eigenvalue weighted by Crippen LogP contribution is -2.50. The Labute approximate surface area is 128 Å². The van der Waals surface area contributed by atoms with Crippen molar-refractivity contribution in [2.45, 2.75) is 38.1 Å². The second-order valence-corrected chi connectivity index (χ2v) is 6.59. The van der Waals surface area contributed by atoms with Crippen molar-refractivity contribution in [2.75, 3.05) is 26.0 Å². The van der Waals surface area contributed by atoms with Gasteiger partial charge in [-0.1, -0.05) is 12.8 Å². The van der Waals surface area contributed by atoms with E-state index < -0.39 is 0 Å². The first kappa shape index (κ1) is 15.9. The Morgan fingerprint density at radius 2 is 2.05 bits per heavy atom. The van der Waals surface area contributed by atoms with E-state index in [2.05, 4.69) is 34.6 Å². The fraction of sp³-hybridized carbons (Fsp3) is 0.643. The SMILES string of the molecule is CC(=O)Nc1nc(C(=O)NCC2(N(C)C)CCCC2)cs1. The largest absolute Gasteiger partial charge is 0.349 e. The topological polar surface area (TPSA) is 74.3 Å². The van der Waals surface area contributed by atoms with Crippen LogP contribution in [0.1, 0.15) is 43.1 Å². The highest BCUT2D eigenvalue weighted by Gasteiger charge is 2.36. The van der Waals surface area contributed by atoms with Gasteiger partial charge in [-0.15, -0.1) is 11.3 Å². The van der Waals surface area contributed by atoms with Crippen molar-refractivity contribution in [1.29, 1.82) is 0 Å². The van der Waals surface area contributed by atoms with Gasteiger partial charge in [-0.3, -0.25) is 9.59 Å². The van der Waals surface area contributed by atoms with Gasteiger partial charge < -0.3 is 15.5 Å². The van der Waals surface area contributed by atoms with Gasteiger partial charge in [0.1, 0.15) is 5.69 Å². The number of hydrogen-bond donors (Lipinski definition) is 2. The van der Waals surface area contributed by atoms with Crippen LogP contribution < -0.4 is 10.6 Å². The molecule has 2 amide bonds. The van der Waals surface area contributed by atoms with Crippen LogP contribution in [0.2, 0.25) is 0 Å². The molecule has 0 saturated heterocycles. The minimum atomic E-state index is -0.186. The van der Waals surface area contributed by atoms with E-state index in [-0.39, 0.29) is 17.4 Å². The number of likely N-dealkylation sites (N-methyl/N-ethyl adjacent to an activating group) is 1. The highest BCUT2D eigenvalue weighted by atomic mass is 32.1. The molecule has 2 N–H and O–H groups in total. The number of hydrogen-bond acceptors (Lipinski definition) is 5. The number of thiazole rings is 1. The van der Waals surface area contributed by atoms with Crippen LogP contribution in [0.25, 0.3) is 0 Å². The average molecular weight is 310 g/mol. The number of nitrogens with one attached hydrogen (secondary N) is 2. The highest BCUT2D eigenvalue weighted by Crippen LogP contribution is 2.33. The van der Waals surface area contributed by atoms with Gasteiger partial charge in [-0.25, -0.2) is 4.98 Å². The van der Waals surface area contributed by atoms with Crippen LogP contribution in [-0.2, 0) is 4.79 Å². The van der Waals surface area contributed by atoms with Crippen LogP contribution in [0.5, 0.6) is 0 Å². The van der Waals surface area contributed by atoms with Crippen LogP contribution in [0, 0.1) is 0 Å². The molecule has 1 heterocycles. The van der Waals surface area contributed by atoms with E-state index in [1.807, 2.05) is 0 Å². The Morgan fingerprint density at radius 3 is 2.62 bits per heavy atom. The van der Waals surface area contributed by atoms with Crippen molar-refractivity contribution < 1.29 is 9.59 Å². The predicted octanol–water partition coefficient (Wildman–Crippen LogP) is 1.71. The summed E-state index contributed by atoms with van der Waals surface area (Å²) in [6.45, 7) is 2.05. The van der Waals surface area contributed by atoms with Gasteiger partial charge in [0.25, 0.3) is 5.91 Å². The lowest BCUT2D eigenvalue weighted by Gasteiger charge is -2.36. The van der Waals surface area contributed by atoms with Gasteiger partial charge in [0.2, 0.25) is 5.91 Å². The van der Waals surface area contributed by atoms with Gasteiger partial charge in [-0.05, 0) is 26.9 Å². The van der Waals surface area contributed by atoms with Crippen molar-refractivity contribution in [1.82, 2.24) is 15.2 Å². The summed E-state index contributed by atoms with van der Waals surface area (Å²) in [4.78, 5) is 29.5. The first-order valence-corrected chi connectivity index (χ1v) is 8.00. The summed E-state index contributed by atoms with van der Waals surface area (Å²) in [6, 6.07) is 0. The fourth-order valence-corrected chi connectivity index (χ4v) is 3.47. The summed E-state index contributed by atoms with van der Waals surface area (Å²) >= 11 is 1.26. The Hall–Kier alpha value is -1.47. The van der Waals surface area contributed by atoms with Gasteiger partial charge >= 0.3 is 0 Å². The van der Waals surface area contributed by atoms with Crippen LogP contribution in [-0.4, -0.2) is 47.9 Å². The van der Waals surface area contributed by atoms with Crippen LogP contribution in [0.15, 0.2) is 5.38 Å². The number of rotatable bonds is 5. The molecule has 7 heteroatoms. The number of carbonyl (C=O) groups excluding carboxylic acids is 2. The summed E-state index contributed by atoms with van der Waals surface area (Å²) in [6.07, 6.45) is 4.62. The molecular weight excluding hydrogens is 288 g/mol. The summed E-state index contributed by atoms with van der Waals surface area (Å²) in [5.74, 6) is -0.371. The van der Waals surface area contributed by atoms with Gasteiger partial charge in [0.05, 0.1) is 0 Å². The molecule has 0 spiro atoms. The first-order chi connectivity index (χ1) is 9.93. The second-order valence-electron chi connectivity index (χ2n) is 5.73. The first-order valence-electron chi connectivity index (χ1n) is 7.12. The maximum absolute atomic E-state index is 12.2. The molecule has 0 atom stereocenters. The number of anilines is 1. The summed E-state index contributed by atoms with van der Waals surface area (Å²) in [5, 5.41) is 7.68. The predicted molar refractivity (Wildman–Crippen MR) is 83.6 cm³/mol. The summed E-state index contributed by atoms with van der Waals surface area (Å²) < 4.78 is 0. The highest BCUT2D eigenvalue weighted by molar-refractivity contribution is 7.14. The van der Waals surface area contributed by atoms with E-state index in [4.69, 9.17) is 0 Å². The number of nitrogens with zero attached hydrogens (tertiary/aromatic N) is 2. The molecule has 0 radical (unpaired) electrons. The second kappa shape index (κ2) is 6.53. The van der Waals surface area contributed by atoms with E-state index in [9.17, 15) is 9.59 Å². The fourth-order valence-electron chi connectivity index (χ4n) is 2.74. The van der Waals surface area contributed by atoms with Crippen molar-refractivity contribution >= 4 is 28.3 Å². The zero-order chi connectivity index (χ0) is 15.5. The number of amides is 2. The van der Waals surface area contributed by atoms with E-state index >= 15 is 0 Å². The molecule has 1 aliphatic rings. The average Bonchev–Trinajstić information content (AvgIpc) is 3.05. The molecule has 0 unspecified atom stereocenters. The quantitative estimate of drug-likeness (QED) is 0.868. The van der Waals surface area contributed by atoms with Crippen molar-refractivity contribution in [2.24, 2.45) is 0 Å². The zero-order valence-electron chi connectivity index (χ0n) is 12.7. The van der Waals surface area contributed by atoms with Crippen LogP contribution >= 0.6 is 11.3 Å². The Balaban J connectivity index is 1.95. The smallest absolute Gasteiger partial charge is 0.270 e. The molecule has 1 saturated carbocycles. The summed E-state index contributed by atoms with van der Waals surface area (Å²) in [7, 11) is 4.13. The zero-order valence-corrected chi connectivity index (χ0v) is 13.5. The normalized spacial score (nSPS) is 17.0. The molecule has 1 fully saturated rings. The molecule has 1 aromatic heterocycles. The monoisotopic (exact) mass is 310 g/mol. The van der Waals surface area contributed by atoms with Crippen molar-refractivity contribution in [3.05, 3.63) is 11.1 Å². The number of carbonyl (C=O) groups is 2. The Morgan fingerprint density at radius 1 is 1.38 bits per heavy atom. The maximum atomic E-state index is 12.2. The Kier molecular flexibility index (Phi) is 4.95. The van der Waals surface area contributed by atoms with E-state index in [1.54, 1.807) is 5.38 Å². The van der Waals surface area contributed by atoms with Crippen molar-refractivity contribution in [3.8, 4) is 0 Å². The minimum Gasteiger partial charge on any atom is -0.349 e. The van der Waals surface area contributed by atoms with Crippen LogP contribution in [0.4, 0.5) is 5.13 Å². The molecule has 0 aromatic carbocycles. The van der Waals surface area contributed by atoms with Gasteiger partial charge in [-0.2, -0.15) is 0 Å². The van der Waals surface area contributed by atoms with Gasteiger partial charge in [0, 0.05) is 24.4 Å². The molecule has 0 aliphatic heterocycles. The maximum Gasteiger partial charge on any atom is 0.270 e. The standard InChI is InChI=1S/C14H22N4O2S/c1-10(19)16-13-17-11(8-21-13)12(20)15-9-14(18(2)3)6-4-5-7-14/h8H,4-7,9H2,1-3H3,(H,15,20)(H,16,17,19). The molecule has 0 bridgehead atoms. The van der Waals surface area contributed by atoms with E-state index in [0.29, 0.717) is 17.4 Å². The molecule has 2 rings (SSSR count). The lowest BCUT2D eigenvalue weighted by atomic mass is 9.96. The third-order valence-corrected chi connectivity index (χ3v) is 4.84. The minimum absolute atomic E-state index is 0.0617. The molecule has 1 aliphatic carbocycles. The lowest BCUT2D eigenvalue weighted by molar-refractivity contribution is -0.114. The molecule has 21 heavy (non-hydrogen) atoms. The number of aromatic nitrogens is 1.